The van der Waals surface area contributed by atoms with Gasteiger partial charge in [-0.25, -0.2) is 4.79 Å². The van der Waals surface area contributed by atoms with Crippen molar-refractivity contribution in [3.05, 3.63) is 0 Å². The molecule has 2 rings (SSSR count). The summed E-state index contributed by atoms with van der Waals surface area (Å²) in [7, 11) is 0. The lowest BCUT2D eigenvalue weighted by Gasteiger charge is -2.19. The maximum absolute atomic E-state index is 11.5. The highest BCUT2D eigenvalue weighted by Crippen LogP contribution is 2.22. The van der Waals surface area contributed by atoms with E-state index in [-0.39, 0.29) is 12.1 Å². The van der Waals surface area contributed by atoms with Gasteiger partial charge in [-0.2, -0.15) is 0 Å². The van der Waals surface area contributed by atoms with Gasteiger partial charge in [-0.1, -0.05) is 0 Å². The van der Waals surface area contributed by atoms with Crippen molar-refractivity contribution >= 4 is 6.09 Å². The molecule has 5 nitrogen and oxygen atoms in total. The lowest BCUT2D eigenvalue weighted by molar-refractivity contribution is 0.0522. The second kappa shape index (κ2) is 5.45. The minimum atomic E-state index is -0.421. The summed E-state index contributed by atoms with van der Waals surface area (Å²) in [6.45, 7) is 7.76. The molecular weight excluding hydrogens is 230 g/mol. The predicted octanol–water partition coefficient (Wildman–Crippen LogP) is 0.994. The van der Waals surface area contributed by atoms with Crippen molar-refractivity contribution < 1.29 is 9.53 Å². The molecule has 1 heterocycles. The first-order valence-electron chi connectivity index (χ1n) is 6.90. The number of ether oxygens (including phenoxy) is 1. The van der Waals surface area contributed by atoms with Gasteiger partial charge in [-0.3, -0.25) is 0 Å². The molecule has 0 radical (unpaired) electrons. The number of nitrogens with one attached hydrogen (secondary N) is 3. The van der Waals surface area contributed by atoms with Gasteiger partial charge in [0.25, 0.3) is 0 Å². The maximum atomic E-state index is 11.5. The fraction of sp³-hybridized carbons (Fsp3) is 0.923. The van der Waals surface area contributed by atoms with Crippen molar-refractivity contribution in [3.63, 3.8) is 0 Å². The third-order valence-corrected chi connectivity index (χ3v) is 3.28. The third-order valence-electron chi connectivity index (χ3n) is 3.28. The fourth-order valence-corrected chi connectivity index (χ4v) is 2.26. The Morgan fingerprint density at radius 3 is 2.78 bits per heavy atom. The van der Waals surface area contributed by atoms with Crippen molar-refractivity contribution in [1.29, 1.82) is 0 Å². The molecule has 3 unspecified atom stereocenters. The van der Waals surface area contributed by atoms with Gasteiger partial charge in [0.2, 0.25) is 0 Å². The number of carbonyl (C=O) groups is 1. The lowest BCUT2D eigenvalue weighted by atomic mass is 10.2. The van der Waals surface area contributed by atoms with E-state index in [0.29, 0.717) is 12.1 Å². The van der Waals surface area contributed by atoms with Crippen LogP contribution in [0.15, 0.2) is 0 Å². The fourth-order valence-electron chi connectivity index (χ4n) is 2.26. The summed E-state index contributed by atoms with van der Waals surface area (Å²) in [5, 5.41) is 9.83. The molecule has 1 amide bonds. The number of carbonyl (C=O) groups excluding carboxylic acids is 1. The van der Waals surface area contributed by atoms with Crippen LogP contribution in [0.5, 0.6) is 0 Å². The summed E-state index contributed by atoms with van der Waals surface area (Å²) >= 11 is 0. The van der Waals surface area contributed by atoms with E-state index in [1.807, 2.05) is 20.8 Å². The number of alkyl carbamates (subject to hydrolysis) is 1. The summed E-state index contributed by atoms with van der Waals surface area (Å²) in [6.07, 6.45) is 3.22. The Labute approximate surface area is 109 Å². The zero-order valence-corrected chi connectivity index (χ0v) is 11.6. The molecule has 5 heteroatoms. The SMILES string of the molecule is CC(C)(C)OC(=O)NC1CC1NCC1CCCN1. The van der Waals surface area contributed by atoms with Crippen LogP contribution in [0.25, 0.3) is 0 Å². The predicted molar refractivity (Wildman–Crippen MR) is 70.6 cm³/mol. The summed E-state index contributed by atoms with van der Waals surface area (Å²) < 4.78 is 5.22. The van der Waals surface area contributed by atoms with Crippen molar-refractivity contribution in [1.82, 2.24) is 16.0 Å². The molecule has 3 N–H and O–H groups in total. The Hall–Kier alpha value is -0.810. The Bertz CT molecular complexity index is 295. The van der Waals surface area contributed by atoms with Crippen molar-refractivity contribution in [2.45, 2.75) is 63.8 Å². The Morgan fingerprint density at radius 2 is 2.17 bits per heavy atom. The summed E-state index contributed by atoms with van der Waals surface area (Å²) in [4.78, 5) is 11.5. The van der Waals surface area contributed by atoms with Crippen LogP contribution < -0.4 is 16.0 Å². The van der Waals surface area contributed by atoms with E-state index in [1.165, 1.54) is 12.8 Å². The van der Waals surface area contributed by atoms with E-state index in [0.717, 1.165) is 19.5 Å². The van der Waals surface area contributed by atoms with Crippen LogP contribution in [0.4, 0.5) is 4.79 Å². The van der Waals surface area contributed by atoms with Crippen molar-refractivity contribution in [2.75, 3.05) is 13.1 Å². The summed E-state index contributed by atoms with van der Waals surface area (Å²) in [5.74, 6) is 0. The van der Waals surface area contributed by atoms with Crippen molar-refractivity contribution in [2.24, 2.45) is 0 Å². The number of hydrogen-bond acceptors (Lipinski definition) is 4. The highest BCUT2D eigenvalue weighted by molar-refractivity contribution is 5.68. The van der Waals surface area contributed by atoms with Gasteiger partial charge in [0.15, 0.2) is 0 Å². The van der Waals surface area contributed by atoms with E-state index in [1.54, 1.807) is 0 Å². The Balaban J connectivity index is 1.58. The van der Waals surface area contributed by atoms with Crippen LogP contribution in [0.2, 0.25) is 0 Å². The minimum Gasteiger partial charge on any atom is -0.444 e. The molecule has 0 bridgehead atoms. The Kier molecular flexibility index (Phi) is 4.12. The molecule has 2 fully saturated rings. The number of amides is 1. The molecule has 0 spiro atoms. The molecular formula is C13H25N3O2. The second-order valence-electron chi connectivity index (χ2n) is 6.30. The molecule has 18 heavy (non-hydrogen) atoms. The number of hydrogen-bond donors (Lipinski definition) is 3. The van der Waals surface area contributed by atoms with E-state index < -0.39 is 5.60 Å². The molecule has 2 aliphatic rings. The zero-order chi connectivity index (χ0) is 13.2. The quantitative estimate of drug-likeness (QED) is 0.701. The first-order chi connectivity index (χ1) is 8.44. The summed E-state index contributed by atoms with van der Waals surface area (Å²) in [6, 6.07) is 1.26. The van der Waals surface area contributed by atoms with Crippen LogP contribution >= 0.6 is 0 Å². The van der Waals surface area contributed by atoms with Gasteiger partial charge in [0.05, 0.1) is 0 Å². The van der Waals surface area contributed by atoms with E-state index in [4.69, 9.17) is 4.74 Å². The molecule has 0 aromatic heterocycles. The second-order valence-corrected chi connectivity index (χ2v) is 6.30. The summed E-state index contributed by atoms with van der Waals surface area (Å²) in [5.41, 5.74) is -0.421. The first kappa shape index (κ1) is 13.6. The lowest BCUT2D eigenvalue weighted by Crippen LogP contribution is -2.39. The topological polar surface area (TPSA) is 62.4 Å². The standard InChI is InChI=1S/C13H25N3O2/c1-13(2,3)18-12(17)16-11-7-10(11)15-8-9-5-4-6-14-9/h9-11,14-15H,4-8H2,1-3H3,(H,16,17). The molecule has 3 atom stereocenters. The van der Waals surface area contributed by atoms with Gasteiger partial charge in [0.1, 0.15) is 5.60 Å². The minimum absolute atomic E-state index is 0.237. The highest BCUT2D eigenvalue weighted by Gasteiger charge is 2.39. The van der Waals surface area contributed by atoms with Crippen molar-refractivity contribution in [3.8, 4) is 0 Å². The van der Waals surface area contributed by atoms with E-state index in [2.05, 4.69) is 16.0 Å². The Morgan fingerprint density at radius 1 is 1.39 bits per heavy atom. The monoisotopic (exact) mass is 255 g/mol. The molecule has 1 saturated heterocycles. The van der Waals surface area contributed by atoms with Crippen LogP contribution in [0.3, 0.4) is 0 Å². The van der Waals surface area contributed by atoms with Crippen LogP contribution in [-0.2, 0) is 4.74 Å². The largest absolute Gasteiger partial charge is 0.444 e. The molecule has 104 valence electrons. The average Bonchev–Trinajstić information content (AvgIpc) is 2.76. The maximum Gasteiger partial charge on any atom is 0.407 e. The van der Waals surface area contributed by atoms with Gasteiger partial charge in [0, 0.05) is 24.7 Å². The van der Waals surface area contributed by atoms with E-state index >= 15 is 0 Å². The molecule has 0 aromatic rings. The first-order valence-corrected chi connectivity index (χ1v) is 6.90. The van der Waals surface area contributed by atoms with Gasteiger partial charge >= 0.3 is 6.09 Å². The molecule has 0 aromatic carbocycles. The van der Waals surface area contributed by atoms with Gasteiger partial charge in [-0.05, 0) is 46.6 Å². The highest BCUT2D eigenvalue weighted by atomic mass is 16.6. The van der Waals surface area contributed by atoms with Gasteiger partial charge in [-0.15, -0.1) is 0 Å². The average molecular weight is 255 g/mol. The molecule has 1 aliphatic heterocycles. The van der Waals surface area contributed by atoms with Gasteiger partial charge < -0.3 is 20.7 Å². The molecule has 1 aliphatic carbocycles. The normalized spacial score (nSPS) is 31.2. The van der Waals surface area contributed by atoms with Crippen LogP contribution in [-0.4, -0.2) is 42.9 Å². The third kappa shape index (κ3) is 4.46. The number of rotatable bonds is 4. The van der Waals surface area contributed by atoms with E-state index in [9.17, 15) is 4.79 Å². The smallest absolute Gasteiger partial charge is 0.407 e. The zero-order valence-electron chi connectivity index (χ0n) is 11.6. The van der Waals surface area contributed by atoms with Crippen LogP contribution in [0, 0.1) is 0 Å². The molecule has 1 saturated carbocycles. The van der Waals surface area contributed by atoms with Crippen LogP contribution in [0.1, 0.15) is 40.0 Å².